The maximum Gasteiger partial charge on any atom is 0.220 e. The van der Waals surface area contributed by atoms with Crippen LogP contribution in [0.1, 0.15) is 0 Å². The van der Waals surface area contributed by atoms with Gasteiger partial charge in [-0.3, -0.25) is 0 Å². The minimum Gasteiger partial charge on any atom is -0.370 e. The molecule has 1 aliphatic rings. The Morgan fingerprint density at radius 1 is 1.50 bits per heavy atom. The topological polar surface area (TPSA) is 88.8 Å². The summed E-state index contributed by atoms with van der Waals surface area (Å²) in [6.45, 7) is 1.39. The lowest BCUT2D eigenvalue weighted by molar-refractivity contribution is 1.02. The van der Waals surface area contributed by atoms with E-state index in [-0.39, 0.29) is 11.9 Å². The molecule has 5 N–H and O–H groups in total. The number of nitrogens with zero attached hydrogens (tertiary/aromatic N) is 2. The van der Waals surface area contributed by atoms with Gasteiger partial charge in [-0.15, -0.1) is 0 Å². The van der Waals surface area contributed by atoms with Crippen molar-refractivity contribution in [1.82, 2.24) is 5.32 Å². The van der Waals surface area contributed by atoms with Gasteiger partial charge in [0.25, 0.3) is 0 Å². The first-order chi connectivity index (χ1) is 3.79. The molecule has 0 saturated heterocycles. The van der Waals surface area contributed by atoms with E-state index in [0.29, 0.717) is 0 Å². The fourth-order valence-electron chi connectivity index (χ4n) is 0.349. The lowest BCUT2D eigenvalue weighted by atomic mass is 10.8. The van der Waals surface area contributed by atoms with Crippen LogP contribution < -0.4 is 16.8 Å². The van der Waals surface area contributed by atoms with Crippen LogP contribution in [0.5, 0.6) is 0 Å². The van der Waals surface area contributed by atoms with Crippen LogP contribution in [-0.2, 0) is 0 Å². The number of hydrogen-bond acceptors (Lipinski definition) is 5. The Morgan fingerprint density at radius 2 is 2.25 bits per heavy atom. The smallest absolute Gasteiger partial charge is 0.220 e. The van der Waals surface area contributed by atoms with Gasteiger partial charge >= 0.3 is 0 Å². The SMILES string of the molecule is NC1=N[CH]NC(N)=N1. The Labute approximate surface area is 46.5 Å². The molecule has 0 unspecified atom stereocenters. The van der Waals surface area contributed by atoms with Crippen molar-refractivity contribution in [2.24, 2.45) is 21.5 Å². The van der Waals surface area contributed by atoms with Crippen LogP contribution in [0.2, 0.25) is 0 Å². The monoisotopic (exact) mass is 112 g/mol. The Kier molecular flexibility index (Phi) is 1.03. The third-order valence-electron chi connectivity index (χ3n) is 0.644. The van der Waals surface area contributed by atoms with E-state index in [4.69, 9.17) is 11.5 Å². The Balaban J connectivity index is 2.69. The normalized spacial score (nSPS) is 18.5. The average molecular weight is 112 g/mol. The van der Waals surface area contributed by atoms with E-state index in [1.807, 2.05) is 0 Å². The minimum atomic E-state index is 0.182. The van der Waals surface area contributed by atoms with Crippen molar-refractivity contribution in [3.05, 3.63) is 6.67 Å². The van der Waals surface area contributed by atoms with E-state index in [0.717, 1.165) is 0 Å². The van der Waals surface area contributed by atoms with Crippen molar-refractivity contribution in [3.8, 4) is 0 Å². The second-order valence-electron chi connectivity index (χ2n) is 1.26. The molecule has 0 aliphatic carbocycles. The first-order valence-corrected chi connectivity index (χ1v) is 2.05. The van der Waals surface area contributed by atoms with Gasteiger partial charge in [-0.25, -0.2) is 4.99 Å². The fourth-order valence-corrected chi connectivity index (χ4v) is 0.349. The van der Waals surface area contributed by atoms with E-state index in [1.54, 1.807) is 0 Å². The highest BCUT2D eigenvalue weighted by Gasteiger charge is 1.97. The summed E-state index contributed by atoms with van der Waals surface area (Å²) >= 11 is 0. The Hall–Kier alpha value is -1.26. The van der Waals surface area contributed by atoms with Gasteiger partial charge in [0.1, 0.15) is 0 Å². The predicted molar refractivity (Wildman–Crippen MR) is 30.7 cm³/mol. The maximum atomic E-state index is 5.17. The van der Waals surface area contributed by atoms with Crippen molar-refractivity contribution in [2.75, 3.05) is 0 Å². The molecule has 1 rings (SSSR count). The van der Waals surface area contributed by atoms with E-state index in [9.17, 15) is 0 Å². The number of nitrogens with one attached hydrogen (secondary N) is 1. The van der Waals surface area contributed by atoms with Gasteiger partial charge in [0.15, 0.2) is 12.6 Å². The standard InChI is InChI=1S/C3H6N5/c4-2-6-1-7-3(5)8-2/h1H,(H5,4,5,6,7,8). The van der Waals surface area contributed by atoms with Gasteiger partial charge in [0.2, 0.25) is 5.96 Å². The first kappa shape index (κ1) is 4.89. The first-order valence-electron chi connectivity index (χ1n) is 2.05. The van der Waals surface area contributed by atoms with Crippen molar-refractivity contribution in [2.45, 2.75) is 0 Å². The summed E-state index contributed by atoms with van der Waals surface area (Å²) in [5.41, 5.74) is 10.3. The maximum absolute atomic E-state index is 5.17. The van der Waals surface area contributed by atoms with Gasteiger partial charge in [-0.1, -0.05) is 0 Å². The van der Waals surface area contributed by atoms with Gasteiger partial charge in [-0.2, -0.15) is 4.99 Å². The molecule has 0 atom stereocenters. The molecule has 5 nitrogen and oxygen atoms in total. The van der Waals surface area contributed by atoms with Crippen LogP contribution in [-0.4, -0.2) is 11.9 Å². The molecule has 0 bridgehead atoms. The molecule has 0 aromatic carbocycles. The predicted octanol–water partition coefficient (Wildman–Crippen LogP) is -1.66. The summed E-state index contributed by atoms with van der Waals surface area (Å²) in [7, 11) is 0. The molecule has 0 amide bonds. The molecule has 5 heteroatoms. The minimum absolute atomic E-state index is 0.182. The highest BCUT2D eigenvalue weighted by molar-refractivity contribution is 5.95. The molecule has 0 fully saturated rings. The molecule has 1 heterocycles. The van der Waals surface area contributed by atoms with Crippen molar-refractivity contribution >= 4 is 11.9 Å². The second-order valence-corrected chi connectivity index (χ2v) is 1.26. The summed E-state index contributed by atoms with van der Waals surface area (Å²) in [6, 6.07) is 0. The van der Waals surface area contributed by atoms with Crippen LogP contribution >= 0.6 is 0 Å². The van der Waals surface area contributed by atoms with E-state index in [2.05, 4.69) is 15.3 Å². The second kappa shape index (κ2) is 1.69. The van der Waals surface area contributed by atoms with Crippen LogP contribution in [0.25, 0.3) is 0 Å². The summed E-state index contributed by atoms with van der Waals surface area (Å²) in [4.78, 5) is 7.13. The zero-order chi connectivity index (χ0) is 5.98. The van der Waals surface area contributed by atoms with Gasteiger partial charge in [0.05, 0.1) is 0 Å². The lowest BCUT2D eigenvalue weighted by Crippen LogP contribution is -2.34. The van der Waals surface area contributed by atoms with Crippen LogP contribution in [0, 0.1) is 6.67 Å². The largest absolute Gasteiger partial charge is 0.370 e. The van der Waals surface area contributed by atoms with E-state index >= 15 is 0 Å². The molecule has 0 spiro atoms. The Morgan fingerprint density at radius 3 is 2.62 bits per heavy atom. The molecule has 1 radical (unpaired) electrons. The average Bonchev–Trinajstić information content (AvgIpc) is 1.64. The van der Waals surface area contributed by atoms with Gasteiger partial charge in [0, 0.05) is 0 Å². The zero-order valence-corrected chi connectivity index (χ0v) is 4.13. The third kappa shape index (κ3) is 0.868. The van der Waals surface area contributed by atoms with Crippen LogP contribution in [0.4, 0.5) is 0 Å². The van der Waals surface area contributed by atoms with E-state index < -0.39 is 0 Å². The number of guanidine groups is 2. The summed E-state index contributed by atoms with van der Waals surface area (Å²) in [5.74, 6) is 0.457. The third-order valence-corrected chi connectivity index (χ3v) is 0.644. The molecule has 0 saturated carbocycles. The number of hydrogen-bond donors (Lipinski definition) is 3. The number of nitrogens with two attached hydrogens (primary N) is 2. The summed E-state index contributed by atoms with van der Waals surface area (Å²) in [6.07, 6.45) is 0. The fraction of sp³-hybridized carbons (Fsp3) is 0. The van der Waals surface area contributed by atoms with Crippen LogP contribution in [0.15, 0.2) is 9.98 Å². The highest BCUT2D eigenvalue weighted by Crippen LogP contribution is 1.82. The molecular weight excluding hydrogens is 106 g/mol. The van der Waals surface area contributed by atoms with Crippen molar-refractivity contribution in [3.63, 3.8) is 0 Å². The molecule has 8 heavy (non-hydrogen) atoms. The number of aliphatic imine (C=N–C) groups is 2. The lowest BCUT2D eigenvalue weighted by Gasteiger charge is -2.04. The molecule has 1 aliphatic heterocycles. The Bertz CT molecular complexity index is 146. The van der Waals surface area contributed by atoms with Crippen molar-refractivity contribution in [1.29, 1.82) is 0 Å². The molecule has 0 aromatic rings. The highest BCUT2D eigenvalue weighted by atomic mass is 15.2. The summed E-state index contributed by atoms with van der Waals surface area (Å²) < 4.78 is 0. The van der Waals surface area contributed by atoms with Crippen LogP contribution in [0.3, 0.4) is 0 Å². The molecular formula is C3H6N5. The molecule has 0 aromatic heterocycles. The van der Waals surface area contributed by atoms with Gasteiger partial charge < -0.3 is 16.8 Å². The quantitative estimate of drug-likeness (QED) is 0.350. The molecule has 43 valence electrons. The zero-order valence-electron chi connectivity index (χ0n) is 4.13. The van der Waals surface area contributed by atoms with Crippen molar-refractivity contribution < 1.29 is 0 Å². The number of rotatable bonds is 0. The summed E-state index contributed by atoms with van der Waals surface area (Å²) in [5, 5.41) is 2.55. The van der Waals surface area contributed by atoms with Gasteiger partial charge in [-0.05, 0) is 0 Å². The van der Waals surface area contributed by atoms with E-state index in [1.165, 1.54) is 6.67 Å².